The van der Waals surface area contributed by atoms with Gasteiger partial charge >= 0.3 is 11.7 Å². The predicted octanol–water partition coefficient (Wildman–Crippen LogP) is 1.35. The number of H-pyrrole nitrogens is 1. The maximum atomic E-state index is 12.0. The zero-order chi connectivity index (χ0) is 15.4. The minimum Gasteiger partial charge on any atom is -0.468 e. The van der Waals surface area contributed by atoms with Gasteiger partial charge in [0.1, 0.15) is 6.42 Å². The van der Waals surface area contributed by atoms with Gasteiger partial charge in [0.25, 0.3) is 5.43 Å². The molecule has 0 aliphatic carbocycles. The minimum atomic E-state index is -0.742. The summed E-state index contributed by atoms with van der Waals surface area (Å²) in [6.45, 7) is 0. The third-order valence-corrected chi connectivity index (χ3v) is 2.75. The Labute approximate surface area is 118 Å². The molecule has 0 atom stereocenters. The highest BCUT2D eigenvalue weighted by atomic mass is 16.6. The zero-order valence-electron chi connectivity index (χ0n) is 11.0. The van der Waals surface area contributed by atoms with Gasteiger partial charge in [-0.2, -0.15) is 0 Å². The fourth-order valence-electron chi connectivity index (χ4n) is 1.71. The number of rotatable bonds is 2. The van der Waals surface area contributed by atoms with Crippen LogP contribution in [0.5, 0.6) is 0 Å². The van der Waals surface area contributed by atoms with E-state index in [1.165, 1.54) is 13.2 Å². The Bertz CT molecular complexity index is 842. The second kappa shape index (κ2) is 5.88. The Kier molecular flexibility index (Phi) is 4.00. The molecule has 106 valence electrons. The summed E-state index contributed by atoms with van der Waals surface area (Å²) in [6, 6.07) is 4.70. The number of benzene rings is 1. The molecule has 0 radical (unpaired) electrons. The topological polar surface area (TPSA) is 102 Å². The highest BCUT2D eigenvalue weighted by Crippen LogP contribution is 2.13. The first-order chi connectivity index (χ1) is 10.0. The first-order valence-electron chi connectivity index (χ1n) is 5.88. The number of methoxy groups -OCH3 is 1. The van der Waals surface area contributed by atoms with Crippen LogP contribution in [0.1, 0.15) is 12.0 Å². The van der Waals surface area contributed by atoms with Crippen LogP contribution < -0.4 is 5.43 Å². The van der Waals surface area contributed by atoms with Gasteiger partial charge in [0.15, 0.2) is 0 Å². The molecule has 1 N–H and O–H groups in total. The number of carbonyl (C=O) groups is 1. The van der Waals surface area contributed by atoms with E-state index in [-0.39, 0.29) is 11.8 Å². The Balaban J connectivity index is 2.45. The summed E-state index contributed by atoms with van der Waals surface area (Å²) in [4.78, 5) is 35.6. The van der Waals surface area contributed by atoms with Crippen LogP contribution in [0.15, 0.2) is 29.2 Å². The number of fused-ring (bicyclic) bond motifs is 1. The molecule has 0 spiro atoms. The van der Waals surface area contributed by atoms with Crippen LogP contribution in [-0.4, -0.2) is 23.0 Å². The highest BCUT2D eigenvalue weighted by molar-refractivity contribution is 5.82. The van der Waals surface area contributed by atoms with Gasteiger partial charge in [-0.15, -0.1) is 0 Å². The van der Waals surface area contributed by atoms with E-state index < -0.39 is 22.0 Å². The van der Waals surface area contributed by atoms with Crippen molar-refractivity contribution >= 4 is 22.6 Å². The quantitative estimate of drug-likeness (QED) is 0.388. The van der Waals surface area contributed by atoms with Crippen molar-refractivity contribution in [3.05, 3.63) is 50.3 Å². The summed E-state index contributed by atoms with van der Waals surface area (Å²) in [5.74, 6) is 4.85. The van der Waals surface area contributed by atoms with Crippen molar-refractivity contribution in [2.75, 3.05) is 7.11 Å². The van der Waals surface area contributed by atoms with Gasteiger partial charge in [0.2, 0.25) is 0 Å². The molecule has 21 heavy (non-hydrogen) atoms. The third kappa shape index (κ3) is 3.06. The van der Waals surface area contributed by atoms with Gasteiger partial charge < -0.3 is 9.72 Å². The van der Waals surface area contributed by atoms with E-state index in [2.05, 4.69) is 21.6 Å². The summed E-state index contributed by atoms with van der Waals surface area (Å²) in [7, 11) is 1.26. The fraction of sp³-hybridized carbons (Fsp3) is 0.143. The molecule has 2 rings (SSSR count). The summed E-state index contributed by atoms with van der Waals surface area (Å²) < 4.78 is 4.45. The summed E-state index contributed by atoms with van der Waals surface area (Å²) in [5, 5.41) is 10.9. The number of esters is 1. The smallest absolute Gasteiger partial charge is 0.332 e. The fourth-order valence-corrected chi connectivity index (χ4v) is 1.71. The van der Waals surface area contributed by atoms with Gasteiger partial charge in [-0.25, -0.2) is 0 Å². The SMILES string of the molecule is COC(=O)CC#Cc1ccc2[nH]cc([N+](=O)[O-])c(=O)c2c1. The second-order valence-electron chi connectivity index (χ2n) is 4.08. The number of hydrogen-bond acceptors (Lipinski definition) is 5. The highest BCUT2D eigenvalue weighted by Gasteiger charge is 2.14. The van der Waals surface area contributed by atoms with Gasteiger partial charge in [0, 0.05) is 11.1 Å². The standard InChI is InChI=1S/C14H10N2O5/c1-21-13(17)4-2-3-9-5-6-11-10(7-9)14(18)12(8-15-11)16(19)20/h5-8H,4H2,1H3,(H,15,18). The van der Waals surface area contributed by atoms with Crippen molar-refractivity contribution in [3.63, 3.8) is 0 Å². The molecular formula is C14H10N2O5. The Morgan fingerprint density at radius 2 is 2.24 bits per heavy atom. The van der Waals surface area contributed by atoms with Crippen LogP contribution in [0, 0.1) is 22.0 Å². The van der Waals surface area contributed by atoms with E-state index >= 15 is 0 Å². The minimum absolute atomic E-state index is 0.0696. The lowest BCUT2D eigenvalue weighted by Crippen LogP contribution is -2.09. The van der Waals surface area contributed by atoms with Crippen LogP contribution in [0.3, 0.4) is 0 Å². The number of ether oxygens (including phenoxy) is 1. The van der Waals surface area contributed by atoms with Crippen molar-refractivity contribution in [2.45, 2.75) is 6.42 Å². The van der Waals surface area contributed by atoms with E-state index in [9.17, 15) is 19.7 Å². The lowest BCUT2D eigenvalue weighted by molar-refractivity contribution is -0.386. The molecule has 7 nitrogen and oxygen atoms in total. The number of pyridine rings is 1. The normalized spacial score (nSPS) is 9.76. The monoisotopic (exact) mass is 286 g/mol. The molecule has 0 aliphatic heterocycles. The lowest BCUT2D eigenvalue weighted by Gasteiger charge is -1.98. The van der Waals surface area contributed by atoms with E-state index in [4.69, 9.17) is 0 Å². The number of nitrogens with zero attached hydrogens (tertiary/aromatic N) is 1. The van der Waals surface area contributed by atoms with Crippen LogP contribution in [0.2, 0.25) is 0 Å². The number of aromatic nitrogens is 1. The van der Waals surface area contributed by atoms with Gasteiger partial charge in [0.05, 0.1) is 23.6 Å². The van der Waals surface area contributed by atoms with Crippen molar-refractivity contribution in [3.8, 4) is 11.8 Å². The molecule has 1 heterocycles. The molecule has 0 aliphatic rings. The maximum Gasteiger partial charge on any atom is 0.332 e. The van der Waals surface area contributed by atoms with Gasteiger partial charge in [-0.3, -0.25) is 19.7 Å². The molecule has 1 aromatic carbocycles. The van der Waals surface area contributed by atoms with E-state index in [1.54, 1.807) is 12.1 Å². The van der Waals surface area contributed by atoms with Crippen molar-refractivity contribution in [1.29, 1.82) is 0 Å². The predicted molar refractivity (Wildman–Crippen MR) is 74.7 cm³/mol. The Morgan fingerprint density at radius 1 is 1.48 bits per heavy atom. The van der Waals surface area contributed by atoms with Crippen LogP contribution in [-0.2, 0) is 9.53 Å². The van der Waals surface area contributed by atoms with Gasteiger partial charge in [-0.1, -0.05) is 11.8 Å². The van der Waals surface area contributed by atoms with E-state index in [1.807, 2.05) is 0 Å². The molecule has 0 bridgehead atoms. The number of hydrogen-bond donors (Lipinski definition) is 1. The molecule has 0 saturated carbocycles. The third-order valence-electron chi connectivity index (χ3n) is 2.75. The summed E-state index contributed by atoms with van der Waals surface area (Å²) >= 11 is 0. The second-order valence-corrected chi connectivity index (χ2v) is 4.08. The molecular weight excluding hydrogens is 276 g/mol. The van der Waals surface area contributed by atoms with Crippen molar-refractivity contribution in [2.24, 2.45) is 0 Å². The van der Waals surface area contributed by atoms with Crippen molar-refractivity contribution in [1.82, 2.24) is 4.98 Å². The lowest BCUT2D eigenvalue weighted by atomic mass is 10.1. The van der Waals surface area contributed by atoms with Crippen LogP contribution >= 0.6 is 0 Å². The van der Waals surface area contributed by atoms with Crippen LogP contribution in [0.25, 0.3) is 10.9 Å². The first kappa shape index (κ1) is 14.3. The zero-order valence-corrected chi connectivity index (χ0v) is 11.0. The largest absolute Gasteiger partial charge is 0.468 e. The molecule has 0 saturated heterocycles. The number of nitro groups is 1. The number of nitrogens with one attached hydrogen (secondary N) is 1. The van der Waals surface area contributed by atoms with E-state index in [0.29, 0.717) is 11.1 Å². The summed E-state index contributed by atoms with van der Waals surface area (Å²) in [5.41, 5.74) is -0.242. The maximum absolute atomic E-state index is 12.0. The molecule has 0 amide bonds. The Hall–Kier alpha value is -3.14. The summed E-state index contributed by atoms with van der Waals surface area (Å²) in [6.07, 6.45) is 0.993. The van der Waals surface area contributed by atoms with Crippen LogP contribution in [0.4, 0.5) is 5.69 Å². The number of aromatic amines is 1. The average Bonchev–Trinajstić information content (AvgIpc) is 2.47. The average molecular weight is 286 g/mol. The van der Waals surface area contributed by atoms with Crippen molar-refractivity contribution < 1.29 is 14.5 Å². The molecule has 1 aromatic heterocycles. The number of carbonyl (C=O) groups excluding carboxylic acids is 1. The first-order valence-corrected chi connectivity index (χ1v) is 5.88. The molecule has 0 unspecified atom stereocenters. The molecule has 7 heteroatoms. The van der Waals surface area contributed by atoms with Gasteiger partial charge in [-0.05, 0) is 18.2 Å². The molecule has 2 aromatic rings. The molecule has 0 fully saturated rings. The van der Waals surface area contributed by atoms with E-state index in [0.717, 1.165) is 6.20 Å². The Morgan fingerprint density at radius 3 is 2.90 bits per heavy atom.